The molecule has 0 spiro atoms. The van der Waals surface area contributed by atoms with E-state index in [2.05, 4.69) is 30.3 Å². The van der Waals surface area contributed by atoms with Gasteiger partial charge in [-0.15, -0.1) is 11.8 Å². The molecular formula is C14H14O2. The Morgan fingerprint density at radius 2 is 1.69 bits per heavy atom. The molecule has 16 heavy (non-hydrogen) atoms. The van der Waals surface area contributed by atoms with Gasteiger partial charge in [-0.2, -0.15) is 0 Å². The molecule has 2 heteroatoms. The Balaban J connectivity index is 2.20. The molecule has 2 atom stereocenters. The van der Waals surface area contributed by atoms with E-state index < -0.39 is 5.97 Å². The van der Waals surface area contributed by atoms with E-state index in [0.29, 0.717) is 0 Å². The SMILES string of the molecule is C=C(C(=O)O)C(C1C#CCC1)C1C#CCC1. The molecule has 2 unspecified atom stereocenters. The highest BCUT2D eigenvalue weighted by Crippen LogP contribution is 2.36. The third-order valence-electron chi connectivity index (χ3n) is 3.28. The van der Waals surface area contributed by atoms with Gasteiger partial charge in [-0.1, -0.05) is 18.4 Å². The molecule has 0 saturated heterocycles. The second kappa shape index (κ2) is 4.45. The lowest BCUT2D eigenvalue weighted by molar-refractivity contribution is -0.133. The average molecular weight is 214 g/mol. The molecule has 0 aromatic heterocycles. The normalized spacial score (nSPS) is 27.5. The van der Waals surface area contributed by atoms with Gasteiger partial charge in [-0.25, -0.2) is 4.79 Å². The van der Waals surface area contributed by atoms with E-state index in [-0.39, 0.29) is 23.3 Å². The van der Waals surface area contributed by atoms with Crippen molar-refractivity contribution in [2.75, 3.05) is 0 Å². The molecule has 0 saturated carbocycles. The highest BCUT2D eigenvalue weighted by atomic mass is 16.4. The van der Waals surface area contributed by atoms with Crippen molar-refractivity contribution in [3.05, 3.63) is 12.2 Å². The Morgan fingerprint density at radius 3 is 2.00 bits per heavy atom. The van der Waals surface area contributed by atoms with Gasteiger partial charge in [-0.3, -0.25) is 0 Å². The number of carbonyl (C=O) groups is 1. The van der Waals surface area contributed by atoms with E-state index >= 15 is 0 Å². The molecule has 0 bridgehead atoms. The fourth-order valence-electron chi connectivity index (χ4n) is 2.45. The molecular weight excluding hydrogens is 200 g/mol. The summed E-state index contributed by atoms with van der Waals surface area (Å²) in [6.45, 7) is 3.71. The lowest BCUT2D eigenvalue weighted by Crippen LogP contribution is -2.25. The molecule has 2 aliphatic rings. The number of carboxylic acid groups (broad SMARTS) is 1. The lowest BCUT2D eigenvalue weighted by Gasteiger charge is -2.25. The highest BCUT2D eigenvalue weighted by Gasteiger charge is 2.34. The topological polar surface area (TPSA) is 37.3 Å². The second-order valence-corrected chi connectivity index (χ2v) is 4.29. The summed E-state index contributed by atoms with van der Waals surface area (Å²) in [5.74, 6) is 11.6. The monoisotopic (exact) mass is 214 g/mol. The van der Waals surface area contributed by atoms with Crippen LogP contribution in [0, 0.1) is 41.4 Å². The smallest absolute Gasteiger partial charge is 0.331 e. The van der Waals surface area contributed by atoms with E-state index in [1.807, 2.05) is 0 Å². The van der Waals surface area contributed by atoms with Gasteiger partial charge in [-0.05, 0) is 12.8 Å². The van der Waals surface area contributed by atoms with Crippen LogP contribution in [-0.2, 0) is 4.79 Å². The first-order valence-electron chi connectivity index (χ1n) is 5.59. The minimum atomic E-state index is -0.910. The van der Waals surface area contributed by atoms with E-state index in [9.17, 15) is 4.79 Å². The third kappa shape index (κ3) is 1.97. The molecule has 0 aliphatic heterocycles. The number of aliphatic carboxylic acids is 1. The number of hydrogen-bond acceptors (Lipinski definition) is 1. The Labute approximate surface area is 95.7 Å². The minimum absolute atomic E-state index is 0.0810. The van der Waals surface area contributed by atoms with Crippen LogP contribution in [0.1, 0.15) is 25.7 Å². The molecule has 0 radical (unpaired) electrons. The van der Waals surface area contributed by atoms with Crippen LogP contribution in [0.4, 0.5) is 0 Å². The molecule has 0 heterocycles. The van der Waals surface area contributed by atoms with E-state index in [1.165, 1.54) is 0 Å². The van der Waals surface area contributed by atoms with Gasteiger partial charge in [0.05, 0.1) is 0 Å². The van der Waals surface area contributed by atoms with Gasteiger partial charge in [0.2, 0.25) is 0 Å². The van der Waals surface area contributed by atoms with Crippen molar-refractivity contribution in [2.24, 2.45) is 17.8 Å². The zero-order valence-corrected chi connectivity index (χ0v) is 9.12. The maximum Gasteiger partial charge on any atom is 0.331 e. The number of rotatable bonds is 4. The van der Waals surface area contributed by atoms with Gasteiger partial charge in [0.25, 0.3) is 0 Å². The van der Waals surface area contributed by atoms with Crippen molar-refractivity contribution < 1.29 is 9.90 Å². The Hall–Kier alpha value is -1.67. The fourth-order valence-corrected chi connectivity index (χ4v) is 2.45. The van der Waals surface area contributed by atoms with Gasteiger partial charge in [0.1, 0.15) is 0 Å². The predicted molar refractivity (Wildman–Crippen MR) is 61.3 cm³/mol. The van der Waals surface area contributed by atoms with Crippen LogP contribution < -0.4 is 0 Å². The van der Waals surface area contributed by atoms with E-state index in [4.69, 9.17) is 5.11 Å². The lowest BCUT2D eigenvalue weighted by atomic mass is 9.76. The molecule has 0 aromatic rings. The van der Waals surface area contributed by atoms with Gasteiger partial charge >= 0.3 is 5.97 Å². The molecule has 82 valence electrons. The van der Waals surface area contributed by atoms with Crippen LogP contribution in [0.3, 0.4) is 0 Å². The maximum atomic E-state index is 11.1. The number of hydrogen-bond donors (Lipinski definition) is 1. The van der Waals surface area contributed by atoms with Crippen LogP contribution in [0.2, 0.25) is 0 Å². The van der Waals surface area contributed by atoms with Crippen LogP contribution >= 0.6 is 0 Å². The third-order valence-corrected chi connectivity index (χ3v) is 3.28. The molecule has 2 rings (SSSR count). The van der Waals surface area contributed by atoms with Crippen molar-refractivity contribution in [3.63, 3.8) is 0 Å². The minimum Gasteiger partial charge on any atom is -0.478 e. The molecule has 2 aliphatic carbocycles. The molecule has 0 aromatic carbocycles. The molecule has 0 fully saturated rings. The fraction of sp³-hybridized carbons (Fsp3) is 0.500. The zero-order chi connectivity index (χ0) is 11.5. The summed E-state index contributed by atoms with van der Waals surface area (Å²) < 4.78 is 0. The maximum absolute atomic E-state index is 11.1. The van der Waals surface area contributed by atoms with Crippen LogP contribution in [0.15, 0.2) is 12.2 Å². The molecule has 1 N–H and O–H groups in total. The summed E-state index contributed by atoms with van der Waals surface area (Å²) in [4.78, 5) is 11.1. The summed E-state index contributed by atoms with van der Waals surface area (Å²) in [5, 5.41) is 9.08. The first kappa shape index (κ1) is 10.8. The summed E-state index contributed by atoms with van der Waals surface area (Å²) in [7, 11) is 0. The van der Waals surface area contributed by atoms with Gasteiger partial charge < -0.3 is 5.11 Å². The van der Waals surface area contributed by atoms with E-state index in [1.54, 1.807) is 0 Å². The van der Waals surface area contributed by atoms with Crippen molar-refractivity contribution in [1.82, 2.24) is 0 Å². The predicted octanol–water partition coefficient (Wildman–Crippen LogP) is 2.07. The first-order chi connectivity index (χ1) is 7.70. The average Bonchev–Trinajstić information content (AvgIpc) is 2.89. The number of carboxylic acids is 1. The summed E-state index contributed by atoms with van der Waals surface area (Å²) >= 11 is 0. The summed E-state index contributed by atoms with van der Waals surface area (Å²) in [6, 6.07) is 0. The second-order valence-electron chi connectivity index (χ2n) is 4.29. The molecule has 0 amide bonds. The Bertz CT molecular complexity index is 409. The van der Waals surface area contributed by atoms with Crippen molar-refractivity contribution in [1.29, 1.82) is 0 Å². The van der Waals surface area contributed by atoms with E-state index in [0.717, 1.165) is 25.7 Å². The van der Waals surface area contributed by atoms with Gasteiger partial charge in [0, 0.05) is 36.2 Å². The largest absolute Gasteiger partial charge is 0.478 e. The summed E-state index contributed by atoms with van der Waals surface area (Å²) in [6.07, 6.45) is 3.59. The van der Waals surface area contributed by atoms with Crippen molar-refractivity contribution >= 4 is 5.97 Å². The highest BCUT2D eigenvalue weighted by molar-refractivity contribution is 5.86. The van der Waals surface area contributed by atoms with Crippen molar-refractivity contribution in [2.45, 2.75) is 25.7 Å². The zero-order valence-electron chi connectivity index (χ0n) is 9.12. The standard InChI is InChI=1S/C14H14O2/c1-10(14(15)16)13(11-6-2-3-7-11)12-8-4-5-9-12/h11-13H,1-2,4,6,8H2,(H,15,16). The summed E-state index contributed by atoms with van der Waals surface area (Å²) in [5.41, 5.74) is 0.280. The van der Waals surface area contributed by atoms with Crippen molar-refractivity contribution in [3.8, 4) is 23.7 Å². The molecule has 2 nitrogen and oxygen atoms in total. The van der Waals surface area contributed by atoms with Crippen LogP contribution in [0.25, 0.3) is 0 Å². The van der Waals surface area contributed by atoms with Crippen LogP contribution in [0.5, 0.6) is 0 Å². The van der Waals surface area contributed by atoms with Crippen LogP contribution in [-0.4, -0.2) is 11.1 Å². The quantitative estimate of drug-likeness (QED) is 0.574. The Morgan fingerprint density at radius 1 is 1.19 bits per heavy atom. The Kier molecular flexibility index (Phi) is 3.02. The van der Waals surface area contributed by atoms with Gasteiger partial charge in [0.15, 0.2) is 0 Å². The first-order valence-corrected chi connectivity index (χ1v) is 5.59.